The van der Waals surface area contributed by atoms with Gasteiger partial charge in [-0.25, -0.2) is 19.0 Å². The standard InChI is InChI=1S/C25H23FN6O/c1-17-20(24(33)31-14-5-4-10-23(31)18-7-6-12-27-15-18)16-29-32(17)25-28-13-11-22(30-25)19-8-2-3-9-21(19)26/h2-3,6-9,11-13,15-16,23H,4-5,10,14H2,1H3. The lowest BCUT2D eigenvalue weighted by Gasteiger charge is -2.35. The highest BCUT2D eigenvalue weighted by Crippen LogP contribution is 2.32. The van der Waals surface area contributed by atoms with Crippen molar-refractivity contribution in [2.75, 3.05) is 6.54 Å². The molecule has 0 radical (unpaired) electrons. The van der Waals surface area contributed by atoms with Gasteiger partial charge in [-0.2, -0.15) is 5.10 Å². The second-order valence-corrected chi connectivity index (χ2v) is 8.07. The molecule has 1 aromatic carbocycles. The number of likely N-dealkylation sites (tertiary alicyclic amines) is 1. The smallest absolute Gasteiger partial charge is 0.257 e. The van der Waals surface area contributed by atoms with Crippen LogP contribution in [0.25, 0.3) is 17.2 Å². The molecule has 1 atom stereocenters. The van der Waals surface area contributed by atoms with Crippen LogP contribution in [0.1, 0.15) is 46.9 Å². The van der Waals surface area contributed by atoms with E-state index >= 15 is 0 Å². The molecule has 0 aliphatic carbocycles. The summed E-state index contributed by atoms with van der Waals surface area (Å²) in [7, 11) is 0. The van der Waals surface area contributed by atoms with E-state index in [0.717, 1.165) is 24.8 Å². The van der Waals surface area contributed by atoms with Gasteiger partial charge in [0, 0.05) is 30.7 Å². The number of rotatable bonds is 4. The maximum absolute atomic E-state index is 14.2. The Morgan fingerprint density at radius 3 is 2.76 bits per heavy atom. The van der Waals surface area contributed by atoms with Crippen LogP contribution >= 0.6 is 0 Å². The molecule has 1 aliphatic rings. The molecular formula is C25H23FN6O. The van der Waals surface area contributed by atoms with Gasteiger partial charge in [-0.3, -0.25) is 9.78 Å². The molecule has 1 fully saturated rings. The highest BCUT2D eigenvalue weighted by molar-refractivity contribution is 5.95. The number of nitrogens with zero attached hydrogens (tertiary/aromatic N) is 6. The van der Waals surface area contributed by atoms with Crippen molar-refractivity contribution < 1.29 is 9.18 Å². The zero-order chi connectivity index (χ0) is 22.8. The minimum Gasteiger partial charge on any atom is -0.331 e. The quantitative estimate of drug-likeness (QED) is 0.464. The second kappa shape index (κ2) is 8.90. The summed E-state index contributed by atoms with van der Waals surface area (Å²) in [6.45, 7) is 2.50. The molecule has 5 rings (SSSR count). The molecule has 0 spiro atoms. The first-order valence-electron chi connectivity index (χ1n) is 11.0. The summed E-state index contributed by atoms with van der Waals surface area (Å²) in [4.78, 5) is 28.5. The highest BCUT2D eigenvalue weighted by atomic mass is 19.1. The van der Waals surface area contributed by atoms with Crippen LogP contribution in [0.15, 0.2) is 67.3 Å². The minimum atomic E-state index is -0.359. The molecule has 4 aromatic rings. The van der Waals surface area contributed by atoms with Gasteiger partial charge in [0.15, 0.2) is 0 Å². The van der Waals surface area contributed by atoms with Crippen molar-refractivity contribution in [3.8, 4) is 17.2 Å². The lowest BCUT2D eigenvalue weighted by Crippen LogP contribution is -2.38. The predicted octanol–water partition coefficient (Wildman–Crippen LogP) is 4.54. The number of halogens is 1. The summed E-state index contributed by atoms with van der Waals surface area (Å²) < 4.78 is 15.8. The zero-order valence-electron chi connectivity index (χ0n) is 18.2. The van der Waals surface area contributed by atoms with Crippen LogP contribution in [0.4, 0.5) is 4.39 Å². The minimum absolute atomic E-state index is 0.0108. The fourth-order valence-corrected chi connectivity index (χ4v) is 4.34. The van der Waals surface area contributed by atoms with Crippen LogP contribution in [0, 0.1) is 12.7 Å². The van der Waals surface area contributed by atoms with E-state index in [2.05, 4.69) is 20.1 Å². The Kier molecular flexibility index (Phi) is 5.64. The SMILES string of the molecule is Cc1c(C(=O)N2CCCCC2c2cccnc2)cnn1-c1nccc(-c2ccccc2F)n1. The molecule has 1 amide bonds. The summed E-state index contributed by atoms with van der Waals surface area (Å²) in [5.74, 6) is -0.144. The number of hydrogen-bond donors (Lipinski definition) is 0. The lowest BCUT2D eigenvalue weighted by atomic mass is 9.95. The molecule has 0 N–H and O–H groups in total. The summed E-state index contributed by atoms with van der Waals surface area (Å²) >= 11 is 0. The van der Waals surface area contributed by atoms with Crippen LogP contribution < -0.4 is 0 Å². The van der Waals surface area contributed by atoms with E-state index in [4.69, 9.17) is 0 Å². The Morgan fingerprint density at radius 1 is 1.06 bits per heavy atom. The van der Waals surface area contributed by atoms with Crippen LogP contribution in [0.2, 0.25) is 0 Å². The number of carbonyl (C=O) groups excluding carboxylic acids is 1. The first-order valence-corrected chi connectivity index (χ1v) is 11.0. The van der Waals surface area contributed by atoms with E-state index in [9.17, 15) is 9.18 Å². The number of pyridine rings is 1. The Bertz CT molecular complexity index is 1290. The molecule has 0 bridgehead atoms. The molecule has 4 heterocycles. The molecule has 1 saturated heterocycles. The van der Waals surface area contributed by atoms with Gasteiger partial charge in [-0.1, -0.05) is 18.2 Å². The van der Waals surface area contributed by atoms with Gasteiger partial charge in [0.25, 0.3) is 11.9 Å². The second-order valence-electron chi connectivity index (χ2n) is 8.07. The topological polar surface area (TPSA) is 76.8 Å². The van der Waals surface area contributed by atoms with Crippen molar-refractivity contribution in [2.45, 2.75) is 32.2 Å². The third-order valence-electron chi connectivity index (χ3n) is 6.06. The fraction of sp³-hybridized carbons (Fsp3) is 0.240. The van der Waals surface area contributed by atoms with E-state index in [1.54, 1.807) is 42.9 Å². The van der Waals surface area contributed by atoms with Crippen molar-refractivity contribution in [1.82, 2.24) is 29.6 Å². The molecule has 1 aliphatic heterocycles. The molecule has 0 saturated carbocycles. The largest absolute Gasteiger partial charge is 0.331 e. The first kappa shape index (κ1) is 20.9. The number of amides is 1. The molecule has 1 unspecified atom stereocenters. The molecule has 166 valence electrons. The molecule has 7 nitrogen and oxygen atoms in total. The highest BCUT2D eigenvalue weighted by Gasteiger charge is 2.31. The third-order valence-corrected chi connectivity index (χ3v) is 6.06. The van der Waals surface area contributed by atoms with Crippen molar-refractivity contribution in [3.63, 3.8) is 0 Å². The number of carbonyl (C=O) groups is 1. The maximum Gasteiger partial charge on any atom is 0.257 e. The van der Waals surface area contributed by atoms with E-state index in [-0.39, 0.29) is 23.7 Å². The van der Waals surface area contributed by atoms with Crippen LogP contribution in [-0.4, -0.2) is 42.1 Å². The van der Waals surface area contributed by atoms with E-state index < -0.39 is 0 Å². The Balaban J connectivity index is 1.46. The fourth-order valence-electron chi connectivity index (χ4n) is 4.34. The Morgan fingerprint density at radius 2 is 1.94 bits per heavy atom. The average molecular weight is 442 g/mol. The van der Waals surface area contributed by atoms with E-state index in [1.807, 2.05) is 30.2 Å². The number of hydrogen-bond acceptors (Lipinski definition) is 5. The maximum atomic E-state index is 14.2. The molecule has 8 heteroatoms. The predicted molar refractivity (Wildman–Crippen MR) is 121 cm³/mol. The van der Waals surface area contributed by atoms with Gasteiger partial charge < -0.3 is 4.90 Å². The van der Waals surface area contributed by atoms with Crippen molar-refractivity contribution in [1.29, 1.82) is 0 Å². The number of piperidine rings is 1. The van der Waals surface area contributed by atoms with E-state index in [0.29, 0.717) is 29.1 Å². The molecule has 33 heavy (non-hydrogen) atoms. The summed E-state index contributed by atoms with van der Waals surface area (Å²) in [5, 5.41) is 4.39. The van der Waals surface area contributed by atoms with Crippen molar-refractivity contribution in [3.05, 3.63) is 89.9 Å². The van der Waals surface area contributed by atoms with Gasteiger partial charge >= 0.3 is 0 Å². The van der Waals surface area contributed by atoms with Crippen LogP contribution in [0.3, 0.4) is 0 Å². The van der Waals surface area contributed by atoms with Crippen LogP contribution in [0.5, 0.6) is 0 Å². The Hall–Kier alpha value is -3.94. The van der Waals surface area contributed by atoms with Gasteiger partial charge in [0.2, 0.25) is 0 Å². The Labute approximate surface area is 191 Å². The van der Waals surface area contributed by atoms with Crippen molar-refractivity contribution in [2.24, 2.45) is 0 Å². The molecular weight excluding hydrogens is 419 g/mol. The summed E-state index contributed by atoms with van der Waals surface area (Å²) in [6, 6.07) is 12.0. The number of aromatic nitrogens is 5. The van der Waals surface area contributed by atoms with Crippen molar-refractivity contribution >= 4 is 5.91 Å². The van der Waals surface area contributed by atoms with Gasteiger partial charge in [0.1, 0.15) is 5.82 Å². The number of benzene rings is 1. The third kappa shape index (κ3) is 4.00. The zero-order valence-corrected chi connectivity index (χ0v) is 18.2. The van der Waals surface area contributed by atoms with Gasteiger partial charge in [0.05, 0.1) is 29.2 Å². The monoisotopic (exact) mass is 442 g/mol. The van der Waals surface area contributed by atoms with Gasteiger partial charge in [-0.05, 0) is 56.0 Å². The first-order chi connectivity index (χ1) is 16.1. The van der Waals surface area contributed by atoms with E-state index in [1.165, 1.54) is 10.7 Å². The van der Waals surface area contributed by atoms with Crippen LogP contribution in [-0.2, 0) is 0 Å². The normalized spacial score (nSPS) is 16.1. The summed E-state index contributed by atoms with van der Waals surface area (Å²) in [5.41, 5.74) is 3.02. The lowest BCUT2D eigenvalue weighted by molar-refractivity contribution is 0.0610. The van der Waals surface area contributed by atoms with Gasteiger partial charge in [-0.15, -0.1) is 0 Å². The summed E-state index contributed by atoms with van der Waals surface area (Å²) in [6.07, 6.45) is 9.62. The average Bonchev–Trinajstić information content (AvgIpc) is 3.25. The molecule has 3 aromatic heterocycles.